The van der Waals surface area contributed by atoms with Crippen LogP contribution in [0, 0.1) is 5.92 Å². The molecule has 0 aliphatic carbocycles. The van der Waals surface area contributed by atoms with Gasteiger partial charge in [-0.1, -0.05) is 20.3 Å². The van der Waals surface area contributed by atoms with Crippen LogP contribution in [0.1, 0.15) is 58.4 Å². The van der Waals surface area contributed by atoms with Gasteiger partial charge in [0.15, 0.2) is 5.75 Å². The fourth-order valence-electron chi connectivity index (χ4n) is 1.90. The normalized spacial score (nSPS) is 15.0. The van der Waals surface area contributed by atoms with E-state index in [-0.39, 0.29) is 6.04 Å². The van der Waals surface area contributed by atoms with Crippen molar-refractivity contribution in [3.63, 3.8) is 0 Å². The molecule has 4 heteroatoms. The van der Waals surface area contributed by atoms with Crippen LogP contribution in [0.25, 0.3) is 0 Å². The van der Waals surface area contributed by atoms with Crippen LogP contribution in [0.5, 0.6) is 5.75 Å². The molecule has 0 amide bonds. The molecule has 0 aliphatic heterocycles. The standard InChI is InChI=1S/C13H24N2O2/c1-6-10(4)7-11(16)13-12(17-5)8-14-15(13)9(2)3/h8-11,16H,6-7H2,1-5H3. The second kappa shape index (κ2) is 6.05. The van der Waals surface area contributed by atoms with Crippen molar-refractivity contribution in [2.24, 2.45) is 5.92 Å². The molecule has 0 saturated carbocycles. The summed E-state index contributed by atoms with van der Waals surface area (Å²) >= 11 is 0. The molecule has 0 bridgehead atoms. The third kappa shape index (κ3) is 3.22. The molecule has 1 aromatic rings. The van der Waals surface area contributed by atoms with Crippen LogP contribution in [0.15, 0.2) is 6.20 Å². The minimum Gasteiger partial charge on any atom is -0.493 e. The highest BCUT2D eigenvalue weighted by atomic mass is 16.5. The summed E-state index contributed by atoms with van der Waals surface area (Å²) in [5.41, 5.74) is 0.794. The van der Waals surface area contributed by atoms with E-state index in [9.17, 15) is 5.11 Å². The lowest BCUT2D eigenvalue weighted by Crippen LogP contribution is -2.14. The predicted molar refractivity (Wildman–Crippen MR) is 68.2 cm³/mol. The number of nitrogens with zero attached hydrogens (tertiary/aromatic N) is 2. The summed E-state index contributed by atoms with van der Waals surface area (Å²) in [7, 11) is 1.61. The number of aromatic nitrogens is 2. The lowest BCUT2D eigenvalue weighted by atomic mass is 9.99. The van der Waals surface area contributed by atoms with Gasteiger partial charge >= 0.3 is 0 Å². The second-order valence-corrected chi connectivity index (χ2v) is 4.90. The Morgan fingerprint density at radius 2 is 2.06 bits per heavy atom. The molecule has 2 unspecified atom stereocenters. The Balaban J connectivity index is 2.96. The minimum atomic E-state index is -0.509. The molecule has 0 saturated heterocycles. The van der Waals surface area contributed by atoms with E-state index in [4.69, 9.17) is 4.74 Å². The molecule has 1 aromatic heterocycles. The highest BCUT2D eigenvalue weighted by molar-refractivity contribution is 5.27. The summed E-state index contributed by atoms with van der Waals surface area (Å²) in [5, 5.41) is 14.6. The van der Waals surface area contributed by atoms with Crippen LogP contribution in [0.2, 0.25) is 0 Å². The van der Waals surface area contributed by atoms with Gasteiger partial charge < -0.3 is 9.84 Å². The lowest BCUT2D eigenvalue weighted by Gasteiger charge is -2.19. The van der Waals surface area contributed by atoms with Crippen molar-refractivity contribution in [2.45, 2.75) is 52.7 Å². The number of hydrogen-bond acceptors (Lipinski definition) is 3. The lowest BCUT2D eigenvalue weighted by molar-refractivity contribution is 0.131. The first kappa shape index (κ1) is 14.0. The molecule has 0 spiro atoms. The molecular weight excluding hydrogens is 216 g/mol. The van der Waals surface area contributed by atoms with Gasteiger partial charge in [0.2, 0.25) is 0 Å². The van der Waals surface area contributed by atoms with E-state index in [1.54, 1.807) is 13.3 Å². The summed E-state index contributed by atoms with van der Waals surface area (Å²) in [6.07, 6.45) is 2.97. The van der Waals surface area contributed by atoms with Gasteiger partial charge in [-0.05, 0) is 26.2 Å². The number of rotatable bonds is 6. The van der Waals surface area contributed by atoms with Gasteiger partial charge in [0.1, 0.15) is 5.69 Å². The monoisotopic (exact) mass is 240 g/mol. The van der Waals surface area contributed by atoms with Crippen molar-refractivity contribution in [1.29, 1.82) is 0 Å². The van der Waals surface area contributed by atoms with Crippen LogP contribution < -0.4 is 4.74 Å². The minimum absolute atomic E-state index is 0.223. The summed E-state index contributed by atoms with van der Waals surface area (Å²) < 4.78 is 7.11. The van der Waals surface area contributed by atoms with Gasteiger partial charge in [0.25, 0.3) is 0 Å². The molecule has 0 fully saturated rings. The molecule has 1 rings (SSSR count). The van der Waals surface area contributed by atoms with Crippen molar-refractivity contribution in [1.82, 2.24) is 9.78 Å². The Kier molecular flexibility index (Phi) is 5.00. The highest BCUT2D eigenvalue weighted by Gasteiger charge is 2.22. The number of ether oxygens (including phenoxy) is 1. The van der Waals surface area contributed by atoms with Crippen molar-refractivity contribution in [3.8, 4) is 5.75 Å². The Morgan fingerprint density at radius 3 is 2.53 bits per heavy atom. The largest absolute Gasteiger partial charge is 0.493 e. The maximum absolute atomic E-state index is 10.3. The SMILES string of the molecule is CCC(C)CC(O)c1c(OC)cnn1C(C)C. The number of hydrogen-bond donors (Lipinski definition) is 1. The van der Waals surface area contributed by atoms with Gasteiger partial charge in [0, 0.05) is 6.04 Å². The molecule has 0 aromatic carbocycles. The smallest absolute Gasteiger partial charge is 0.162 e. The van der Waals surface area contributed by atoms with Crippen LogP contribution in [-0.4, -0.2) is 22.0 Å². The van der Waals surface area contributed by atoms with Crippen LogP contribution in [0.4, 0.5) is 0 Å². The fourth-order valence-corrected chi connectivity index (χ4v) is 1.90. The number of aliphatic hydroxyl groups excluding tert-OH is 1. The Hall–Kier alpha value is -1.03. The molecular formula is C13H24N2O2. The molecule has 17 heavy (non-hydrogen) atoms. The highest BCUT2D eigenvalue weighted by Crippen LogP contribution is 2.31. The zero-order chi connectivity index (χ0) is 13.0. The van der Waals surface area contributed by atoms with Gasteiger partial charge in [-0.25, -0.2) is 0 Å². The Morgan fingerprint density at radius 1 is 1.41 bits per heavy atom. The van der Waals surface area contributed by atoms with E-state index in [1.165, 1.54) is 0 Å². The molecule has 0 radical (unpaired) electrons. The van der Waals surface area contributed by atoms with Gasteiger partial charge in [-0.15, -0.1) is 0 Å². The van der Waals surface area contributed by atoms with Crippen molar-refractivity contribution in [3.05, 3.63) is 11.9 Å². The van der Waals surface area contributed by atoms with E-state index in [0.29, 0.717) is 11.7 Å². The third-order valence-electron chi connectivity index (χ3n) is 3.15. The van der Waals surface area contributed by atoms with E-state index < -0.39 is 6.10 Å². The van der Waals surface area contributed by atoms with E-state index in [2.05, 4.69) is 18.9 Å². The third-order valence-corrected chi connectivity index (χ3v) is 3.15. The molecule has 4 nitrogen and oxygen atoms in total. The Labute approximate surface area is 104 Å². The van der Waals surface area contributed by atoms with Crippen molar-refractivity contribution >= 4 is 0 Å². The zero-order valence-electron chi connectivity index (χ0n) is 11.5. The molecule has 98 valence electrons. The van der Waals surface area contributed by atoms with E-state index in [1.807, 2.05) is 18.5 Å². The number of methoxy groups -OCH3 is 1. The maximum atomic E-state index is 10.3. The number of aliphatic hydroxyl groups is 1. The van der Waals surface area contributed by atoms with Gasteiger partial charge in [0.05, 0.1) is 19.4 Å². The first-order valence-electron chi connectivity index (χ1n) is 6.30. The molecule has 0 aliphatic rings. The van der Waals surface area contributed by atoms with Crippen molar-refractivity contribution < 1.29 is 9.84 Å². The van der Waals surface area contributed by atoms with Crippen molar-refractivity contribution in [2.75, 3.05) is 7.11 Å². The van der Waals surface area contributed by atoms with Crippen LogP contribution >= 0.6 is 0 Å². The first-order chi connectivity index (χ1) is 8.01. The summed E-state index contributed by atoms with van der Waals surface area (Å²) in [6.45, 7) is 8.37. The predicted octanol–water partition coefficient (Wildman–Crippen LogP) is 2.94. The van der Waals surface area contributed by atoms with Gasteiger partial charge in [-0.3, -0.25) is 4.68 Å². The van der Waals surface area contributed by atoms with E-state index in [0.717, 1.165) is 18.5 Å². The average molecular weight is 240 g/mol. The quantitative estimate of drug-likeness (QED) is 0.831. The molecule has 2 atom stereocenters. The van der Waals surface area contributed by atoms with Crippen LogP contribution in [-0.2, 0) is 0 Å². The topological polar surface area (TPSA) is 47.3 Å². The molecule has 1 heterocycles. The second-order valence-electron chi connectivity index (χ2n) is 4.90. The average Bonchev–Trinajstić information content (AvgIpc) is 2.72. The summed E-state index contributed by atoms with van der Waals surface area (Å²) in [4.78, 5) is 0. The summed E-state index contributed by atoms with van der Waals surface area (Å²) in [5.74, 6) is 1.17. The maximum Gasteiger partial charge on any atom is 0.162 e. The fraction of sp³-hybridized carbons (Fsp3) is 0.769. The van der Waals surface area contributed by atoms with E-state index >= 15 is 0 Å². The van der Waals surface area contributed by atoms with Gasteiger partial charge in [-0.2, -0.15) is 5.10 Å². The van der Waals surface area contributed by atoms with Crippen LogP contribution in [0.3, 0.4) is 0 Å². The summed E-state index contributed by atoms with van der Waals surface area (Å²) in [6, 6.07) is 0.223. The Bertz CT molecular complexity index is 347. The molecule has 1 N–H and O–H groups in total. The first-order valence-corrected chi connectivity index (χ1v) is 6.30. The zero-order valence-corrected chi connectivity index (χ0v) is 11.5.